The predicted molar refractivity (Wildman–Crippen MR) is 190 cm³/mol. The van der Waals surface area contributed by atoms with Crippen molar-refractivity contribution >= 4 is 30.0 Å². The molecule has 5 atom stereocenters. The molecule has 6 rings (SSSR count). The molecule has 12 heteroatoms. The van der Waals surface area contributed by atoms with E-state index in [1.807, 2.05) is 0 Å². The highest BCUT2D eigenvalue weighted by Gasteiger charge is 2.55. The zero-order valence-electron chi connectivity index (χ0n) is 28.9. The van der Waals surface area contributed by atoms with Crippen LogP contribution in [0.1, 0.15) is 67.1 Å². The third-order valence-electron chi connectivity index (χ3n) is 8.90. The average molecular weight is 733 g/mol. The molecule has 4 aromatic carbocycles. The molecule has 0 bridgehead atoms. The number of esters is 4. The molecule has 1 saturated carbocycles. The fourth-order valence-electron chi connectivity index (χ4n) is 6.12. The van der Waals surface area contributed by atoms with Crippen molar-refractivity contribution < 1.29 is 57.1 Å². The van der Waals surface area contributed by atoms with Crippen molar-refractivity contribution in [2.75, 3.05) is 6.61 Å². The van der Waals surface area contributed by atoms with E-state index in [1.165, 1.54) is 48.5 Å². The SMILES string of the molecule is C#CC1(OC(=O)OC2O[C@H](COC(=O)c3ccccc3)[C@@H](OC(=O)c3ccccc3)[C@H](OC(=O)c3ccccc3)[C@H]2OC(=O)c2ccccc2)CCCC1. The fraction of sp³-hybridized carbons (Fsp3) is 0.262. The van der Waals surface area contributed by atoms with Crippen LogP contribution in [0.3, 0.4) is 0 Å². The molecular weight excluding hydrogens is 696 g/mol. The van der Waals surface area contributed by atoms with Crippen molar-refractivity contribution in [1.82, 2.24) is 0 Å². The Bertz CT molecular complexity index is 1950. The third kappa shape index (κ3) is 9.12. The predicted octanol–water partition coefficient (Wildman–Crippen LogP) is 6.34. The van der Waals surface area contributed by atoms with E-state index in [1.54, 1.807) is 72.8 Å². The number of ether oxygens (including phenoxy) is 7. The molecule has 276 valence electrons. The third-order valence-corrected chi connectivity index (χ3v) is 8.90. The summed E-state index contributed by atoms with van der Waals surface area (Å²) in [6, 6.07) is 31.8. The molecule has 0 radical (unpaired) electrons. The second-order valence-corrected chi connectivity index (χ2v) is 12.5. The minimum atomic E-state index is -1.86. The Labute approximate surface area is 311 Å². The summed E-state index contributed by atoms with van der Waals surface area (Å²) < 4.78 is 41.0. The Kier molecular flexibility index (Phi) is 12.0. The summed E-state index contributed by atoms with van der Waals surface area (Å²) in [5.41, 5.74) is -0.700. The average Bonchev–Trinajstić information content (AvgIpc) is 3.68. The molecule has 0 spiro atoms. The van der Waals surface area contributed by atoms with Crippen molar-refractivity contribution in [3.8, 4) is 12.3 Å². The summed E-state index contributed by atoms with van der Waals surface area (Å²) in [6.45, 7) is -0.595. The van der Waals surface area contributed by atoms with E-state index >= 15 is 0 Å². The van der Waals surface area contributed by atoms with Crippen molar-refractivity contribution in [2.45, 2.75) is 62.0 Å². The molecule has 1 unspecified atom stereocenters. The van der Waals surface area contributed by atoms with Crippen molar-refractivity contribution in [1.29, 1.82) is 0 Å². The highest BCUT2D eigenvalue weighted by Crippen LogP contribution is 2.35. The molecule has 12 nitrogen and oxygen atoms in total. The maximum absolute atomic E-state index is 13.7. The molecule has 4 aromatic rings. The summed E-state index contributed by atoms with van der Waals surface area (Å²) in [5.74, 6) is -0.901. The molecular formula is C42H36O12. The van der Waals surface area contributed by atoms with Crippen LogP contribution in [0.4, 0.5) is 4.79 Å². The number of terminal acetylenes is 1. The largest absolute Gasteiger partial charge is 0.512 e. The number of hydrogen-bond donors (Lipinski definition) is 0. The van der Waals surface area contributed by atoms with Crippen LogP contribution >= 0.6 is 0 Å². The molecule has 2 fully saturated rings. The summed E-state index contributed by atoms with van der Waals surface area (Å²) in [6.07, 6.45) is -1.69. The van der Waals surface area contributed by atoms with Crippen LogP contribution in [0.25, 0.3) is 0 Å². The number of rotatable bonds is 11. The Balaban J connectivity index is 1.40. The molecule has 1 heterocycles. The van der Waals surface area contributed by atoms with E-state index in [-0.39, 0.29) is 22.3 Å². The van der Waals surface area contributed by atoms with E-state index in [0.29, 0.717) is 12.8 Å². The van der Waals surface area contributed by atoms with Crippen LogP contribution in [0.2, 0.25) is 0 Å². The number of benzene rings is 4. The van der Waals surface area contributed by atoms with Crippen LogP contribution < -0.4 is 0 Å². The number of hydrogen-bond acceptors (Lipinski definition) is 12. The van der Waals surface area contributed by atoms with Gasteiger partial charge in [-0.3, -0.25) is 0 Å². The van der Waals surface area contributed by atoms with E-state index in [0.717, 1.165) is 12.8 Å². The molecule has 1 aliphatic carbocycles. The van der Waals surface area contributed by atoms with Gasteiger partial charge in [0.25, 0.3) is 0 Å². The molecule has 2 aliphatic rings. The molecule has 0 amide bonds. The lowest BCUT2D eigenvalue weighted by Crippen LogP contribution is -2.63. The van der Waals surface area contributed by atoms with Crippen LogP contribution in [0.15, 0.2) is 121 Å². The fourth-order valence-corrected chi connectivity index (χ4v) is 6.12. The Morgan fingerprint density at radius 3 is 1.43 bits per heavy atom. The second kappa shape index (κ2) is 17.4. The standard InChI is InChI=1S/C42H36O12/c1-2-42(25-15-16-26-42)54-41(47)53-40-35(52-39(46)31-23-13-6-14-24-31)34(51-38(45)30-21-11-5-12-22-30)33(50-37(44)29-19-9-4-10-20-29)32(49-40)27-48-36(43)28-17-7-3-8-18-28/h1,3-14,17-24,32-35,40H,15-16,25-27H2/t32-,33-,34+,35-,40?/m1/s1. The van der Waals surface area contributed by atoms with Gasteiger partial charge >= 0.3 is 30.0 Å². The Hall–Kier alpha value is -6.45. The van der Waals surface area contributed by atoms with Crippen LogP contribution in [-0.4, -0.2) is 72.9 Å². The summed E-state index contributed by atoms with van der Waals surface area (Å²) >= 11 is 0. The van der Waals surface area contributed by atoms with Crippen LogP contribution in [0.5, 0.6) is 0 Å². The second-order valence-electron chi connectivity index (χ2n) is 12.5. The van der Waals surface area contributed by atoms with E-state index in [4.69, 9.17) is 39.6 Å². The smallest absolute Gasteiger partial charge is 0.459 e. The first-order valence-corrected chi connectivity index (χ1v) is 17.3. The molecule has 54 heavy (non-hydrogen) atoms. The lowest BCUT2D eigenvalue weighted by atomic mass is 9.97. The molecule has 0 N–H and O–H groups in total. The van der Waals surface area contributed by atoms with Gasteiger partial charge in [0.15, 0.2) is 17.8 Å². The van der Waals surface area contributed by atoms with Gasteiger partial charge in [0, 0.05) is 0 Å². The van der Waals surface area contributed by atoms with Gasteiger partial charge in [0.05, 0.1) is 22.3 Å². The topological polar surface area (TPSA) is 150 Å². The quantitative estimate of drug-likeness (QED) is 0.0962. The number of carbonyl (C=O) groups excluding carboxylic acids is 5. The monoisotopic (exact) mass is 732 g/mol. The van der Waals surface area contributed by atoms with Gasteiger partial charge in [-0.05, 0) is 74.2 Å². The van der Waals surface area contributed by atoms with Crippen LogP contribution in [-0.2, 0) is 33.2 Å². The zero-order valence-corrected chi connectivity index (χ0v) is 28.9. The lowest BCUT2D eigenvalue weighted by Gasteiger charge is -2.43. The first-order valence-electron chi connectivity index (χ1n) is 17.3. The van der Waals surface area contributed by atoms with Gasteiger partial charge < -0.3 is 33.2 Å². The van der Waals surface area contributed by atoms with E-state index < -0.39 is 72.9 Å². The zero-order chi connectivity index (χ0) is 37.9. The normalized spacial score (nSPS) is 21.4. The minimum Gasteiger partial charge on any atom is -0.459 e. The van der Waals surface area contributed by atoms with Gasteiger partial charge in [-0.25, -0.2) is 24.0 Å². The maximum atomic E-state index is 13.7. The lowest BCUT2D eigenvalue weighted by molar-refractivity contribution is -0.287. The van der Waals surface area contributed by atoms with Gasteiger partial charge in [-0.2, -0.15) is 0 Å². The highest BCUT2D eigenvalue weighted by molar-refractivity contribution is 5.91. The first kappa shape index (κ1) is 37.3. The van der Waals surface area contributed by atoms with Crippen molar-refractivity contribution in [2.24, 2.45) is 0 Å². The summed E-state index contributed by atoms with van der Waals surface area (Å²) in [7, 11) is 0. The van der Waals surface area contributed by atoms with E-state index in [9.17, 15) is 24.0 Å². The molecule has 0 aromatic heterocycles. The van der Waals surface area contributed by atoms with Gasteiger partial charge in [0.2, 0.25) is 12.4 Å². The van der Waals surface area contributed by atoms with Gasteiger partial charge in [-0.15, -0.1) is 6.42 Å². The van der Waals surface area contributed by atoms with Gasteiger partial charge in [0.1, 0.15) is 12.7 Å². The minimum absolute atomic E-state index is 0.0981. The first-order chi connectivity index (χ1) is 26.2. The highest BCUT2D eigenvalue weighted by atomic mass is 16.8. The van der Waals surface area contributed by atoms with Crippen molar-refractivity contribution in [3.63, 3.8) is 0 Å². The van der Waals surface area contributed by atoms with E-state index in [2.05, 4.69) is 5.92 Å². The maximum Gasteiger partial charge on any atom is 0.512 e. The summed E-state index contributed by atoms with van der Waals surface area (Å²) in [5, 5.41) is 0. The Morgan fingerprint density at radius 1 is 0.574 bits per heavy atom. The van der Waals surface area contributed by atoms with Gasteiger partial charge in [-0.1, -0.05) is 78.7 Å². The van der Waals surface area contributed by atoms with Crippen LogP contribution in [0, 0.1) is 12.3 Å². The Morgan fingerprint density at radius 2 is 0.981 bits per heavy atom. The number of carbonyl (C=O) groups is 5. The molecule has 1 saturated heterocycles. The van der Waals surface area contributed by atoms with Crippen molar-refractivity contribution in [3.05, 3.63) is 144 Å². The molecule has 1 aliphatic heterocycles. The summed E-state index contributed by atoms with van der Waals surface area (Å²) in [4.78, 5) is 67.5.